The molecule has 0 radical (unpaired) electrons. The quantitative estimate of drug-likeness (QED) is 0.839. The van der Waals surface area contributed by atoms with E-state index in [4.69, 9.17) is 0 Å². The van der Waals surface area contributed by atoms with Crippen molar-refractivity contribution in [3.05, 3.63) is 29.8 Å². The van der Waals surface area contributed by atoms with Gasteiger partial charge in [-0.25, -0.2) is 17.2 Å². The summed E-state index contributed by atoms with van der Waals surface area (Å²) < 4.78 is 49.5. The molecule has 0 aliphatic carbocycles. The molecule has 1 aromatic rings. The summed E-state index contributed by atoms with van der Waals surface area (Å²) in [5, 5.41) is 3.06. The molecule has 0 saturated carbocycles. The molecule has 2 rings (SSSR count). The molecule has 0 amide bonds. The Morgan fingerprint density at radius 2 is 2.06 bits per heavy atom. The third-order valence-corrected chi connectivity index (χ3v) is 4.65. The van der Waals surface area contributed by atoms with E-state index >= 15 is 0 Å². The second-order valence-corrected chi connectivity index (χ2v) is 6.18. The van der Waals surface area contributed by atoms with Crippen LogP contribution >= 0.6 is 0 Å². The molecule has 6 heteroatoms. The first-order valence-electron chi connectivity index (χ1n) is 5.40. The summed E-state index contributed by atoms with van der Waals surface area (Å²) in [5.41, 5.74) is 0. The van der Waals surface area contributed by atoms with Gasteiger partial charge in [0, 0.05) is 6.04 Å². The molecule has 1 atom stereocenters. The topological polar surface area (TPSA) is 46.2 Å². The van der Waals surface area contributed by atoms with Gasteiger partial charge in [0.15, 0.2) is 21.5 Å². The van der Waals surface area contributed by atoms with Crippen LogP contribution in [0.3, 0.4) is 0 Å². The van der Waals surface area contributed by atoms with Gasteiger partial charge in [0.05, 0.1) is 10.6 Å². The van der Waals surface area contributed by atoms with Gasteiger partial charge in [-0.05, 0) is 37.6 Å². The predicted octanol–water partition coefficient (Wildman–Crippen LogP) is 1.49. The molecule has 1 fully saturated rings. The van der Waals surface area contributed by atoms with E-state index in [1.54, 1.807) is 0 Å². The fraction of sp³-hybridized carbons (Fsp3) is 0.455. The van der Waals surface area contributed by atoms with Crippen molar-refractivity contribution in [1.29, 1.82) is 0 Å². The minimum Gasteiger partial charge on any atom is -0.313 e. The van der Waals surface area contributed by atoms with Crippen LogP contribution in [0.15, 0.2) is 23.1 Å². The zero-order valence-electron chi connectivity index (χ0n) is 9.12. The van der Waals surface area contributed by atoms with Gasteiger partial charge < -0.3 is 5.32 Å². The van der Waals surface area contributed by atoms with Gasteiger partial charge in [0.2, 0.25) is 0 Å². The Hall–Kier alpha value is -1.01. The number of sulfone groups is 1. The molecule has 1 heterocycles. The molecular weight excluding hydrogens is 248 g/mol. The lowest BCUT2D eigenvalue weighted by molar-refractivity contribution is 0.504. The third kappa shape index (κ3) is 2.81. The maximum absolute atomic E-state index is 13.0. The molecule has 94 valence electrons. The van der Waals surface area contributed by atoms with E-state index in [0.717, 1.165) is 37.6 Å². The largest absolute Gasteiger partial charge is 0.313 e. The van der Waals surface area contributed by atoms with Gasteiger partial charge >= 0.3 is 0 Å². The molecule has 1 unspecified atom stereocenters. The zero-order chi connectivity index (χ0) is 12.5. The molecule has 1 aromatic carbocycles. The summed E-state index contributed by atoms with van der Waals surface area (Å²) >= 11 is 0. The molecule has 1 aliphatic rings. The van der Waals surface area contributed by atoms with Crippen molar-refractivity contribution in [3.63, 3.8) is 0 Å². The van der Waals surface area contributed by atoms with E-state index in [2.05, 4.69) is 5.32 Å². The normalized spacial score (nSPS) is 20.7. The van der Waals surface area contributed by atoms with Crippen molar-refractivity contribution in [2.45, 2.75) is 23.8 Å². The number of hydrogen-bond acceptors (Lipinski definition) is 3. The SMILES string of the molecule is O=S(=O)(CC1CCCN1)c1ccc(F)c(F)c1. The molecule has 0 aromatic heterocycles. The second-order valence-electron chi connectivity index (χ2n) is 4.15. The summed E-state index contributed by atoms with van der Waals surface area (Å²) in [7, 11) is -3.55. The lowest BCUT2D eigenvalue weighted by Crippen LogP contribution is -2.30. The Balaban J connectivity index is 2.21. The highest BCUT2D eigenvalue weighted by molar-refractivity contribution is 7.91. The van der Waals surface area contributed by atoms with E-state index in [0.29, 0.717) is 0 Å². The number of hydrogen-bond donors (Lipinski definition) is 1. The number of halogens is 2. The fourth-order valence-corrected chi connectivity index (χ4v) is 3.50. The lowest BCUT2D eigenvalue weighted by Gasteiger charge is -2.10. The lowest BCUT2D eigenvalue weighted by atomic mass is 10.3. The van der Waals surface area contributed by atoms with Crippen LogP contribution in [0, 0.1) is 11.6 Å². The standard InChI is InChI=1S/C11H13F2NO2S/c12-10-4-3-9(6-11(10)13)17(15,16)7-8-2-1-5-14-8/h3-4,6,8,14H,1-2,5,7H2. The Labute approximate surface area is 98.8 Å². The van der Waals surface area contributed by atoms with Crippen LogP contribution in [-0.2, 0) is 9.84 Å². The molecule has 1 aliphatic heterocycles. The van der Waals surface area contributed by atoms with Crippen molar-refractivity contribution in [3.8, 4) is 0 Å². The number of rotatable bonds is 3. The summed E-state index contributed by atoms with van der Waals surface area (Å²) in [5.74, 6) is -2.24. The fourth-order valence-electron chi connectivity index (χ4n) is 1.93. The van der Waals surface area contributed by atoms with E-state index in [1.807, 2.05) is 0 Å². The average Bonchev–Trinajstić information content (AvgIpc) is 2.73. The smallest absolute Gasteiger partial charge is 0.180 e. The molecular formula is C11H13F2NO2S. The average molecular weight is 261 g/mol. The van der Waals surface area contributed by atoms with Crippen LogP contribution in [0.5, 0.6) is 0 Å². The highest BCUT2D eigenvalue weighted by Crippen LogP contribution is 2.18. The van der Waals surface area contributed by atoms with Gasteiger partial charge in [-0.3, -0.25) is 0 Å². The van der Waals surface area contributed by atoms with Gasteiger partial charge in [-0.2, -0.15) is 0 Å². The van der Waals surface area contributed by atoms with Gasteiger partial charge in [-0.1, -0.05) is 0 Å². The molecule has 1 saturated heterocycles. The first-order valence-corrected chi connectivity index (χ1v) is 7.05. The Bertz CT molecular complexity index is 510. The zero-order valence-corrected chi connectivity index (χ0v) is 9.93. The predicted molar refractivity (Wildman–Crippen MR) is 59.4 cm³/mol. The monoisotopic (exact) mass is 261 g/mol. The van der Waals surface area contributed by atoms with Crippen molar-refractivity contribution in [2.75, 3.05) is 12.3 Å². The molecule has 0 bridgehead atoms. The van der Waals surface area contributed by atoms with Crippen LogP contribution in [0.4, 0.5) is 8.78 Å². The highest BCUT2D eigenvalue weighted by Gasteiger charge is 2.24. The minimum atomic E-state index is -3.55. The molecule has 1 N–H and O–H groups in total. The summed E-state index contributed by atoms with van der Waals surface area (Å²) in [6, 6.07) is 2.58. The van der Waals surface area contributed by atoms with E-state index in [1.165, 1.54) is 0 Å². The Morgan fingerprint density at radius 1 is 1.29 bits per heavy atom. The van der Waals surface area contributed by atoms with Crippen molar-refractivity contribution in [2.24, 2.45) is 0 Å². The van der Waals surface area contributed by atoms with Crippen molar-refractivity contribution in [1.82, 2.24) is 5.32 Å². The summed E-state index contributed by atoms with van der Waals surface area (Å²) in [6.45, 7) is 0.804. The van der Waals surface area contributed by atoms with E-state index in [9.17, 15) is 17.2 Å². The van der Waals surface area contributed by atoms with E-state index < -0.39 is 21.5 Å². The number of benzene rings is 1. The van der Waals surface area contributed by atoms with Gasteiger partial charge in [-0.15, -0.1) is 0 Å². The molecule has 0 spiro atoms. The van der Waals surface area contributed by atoms with Gasteiger partial charge in [0.25, 0.3) is 0 Å². The number of nitrogens with one attached hydrogen (secondary N) is 1. The Morgan fingerprint density at radius 3 is 2.65 bits per heavy atom. The van der Waals surface area contributed by atoms with Crippen LogP contribution in [0.25, 0.3) is 0 Å². The second kappa shape index (κ2) is 4.70. The van der Waals surface area contributed by atoms with Crippen LogP contribution in [0.2, 0.25) is 0 Å². The molecule has 17 heavy (non-hydrogen) atoms. The summed E-state index contributed by atoms with van der Waals surface area (Å²) in [4.78, 5) is -0.162. The van der Waals surface area contributed by atoms with Crippen molar-refractivity contribution < 1.29 is 17.2 Å². The van der Waals surface area contributed by atoms with Crippen LogP contribution < -0.4 is 5.32 Å². The maximum atomic E-state index is 13.0. The Kier molecular flexibility index (Phi) is 3.44. The van der Waals surface area contributed by atoms with E-state index in [-0.39, 0.29) is 16.7 Å². The van der Waals surface area contributed by atoms with Crippen molar-refractivity contribution >= 4 is 9.84 Å². The van der Waals surface area contributed by atoms with Crippen LogP contribution in [-0.4, -0.2) is 26.8 Å². The van der Waals surface area contributed by atoms with Crippen LogP contribution in [0.1, 0.15) is 12.8 Å². The third-order valence-electron chi connectivity index (χ3n) is 2.83. The minimum absolute atomic E-state index is 0.0714. The summed E-state index contributed by atoms with van der Waals surface area (Å²) in [6.07, 6.45) is 1.74. The first-order chi connectivity index (χ1) is 7.99. The molecule has 3 nitrogen and oxygen atoms in total. The first kappa shape index (κ1) is 12.4. The highest BCUT2D eigenvalue weighted by atomic mass is 32.2. The maximum Gasteiger partial charge on any atom is 0.180 e. The van der Waals surface area contributed by atoms with Gasteiger partial charge in [0.1, 0.15) is 0 Å².